The van der Waals surface area contributed by atoms with Gasteiger partial charge in [-0.15, -0.1) is 0 Å². The fraction of sp³-hybridized carbons (Fsp3) is 0.667. The third-order valence-corrected chi connectivity index (χ3v) is 2.93. The number of hydrogen-bond donors (Lipinski definition) is 2. The molecule has 0 aliphatic carbocycles. The van der Waals surface area contributed by atoms with Crippen LogP contribution in [0.3, 0.4) is 0 Å². The number of rotatable bonds is 9. The molecule has 128 valence electrons. The van der Waals surface area contributed by atoms with E-state index in [4.69, 9.17) is 10.2 Å². The van der Waals surface area contributed by atoms with E-state index in [0.29, 0.717) is 18.4 Å². The van der Waals surface area contributed by atoms with Crippen LogP contribution >= 0.6 is 0 Å². The van der Waals surface area contributed by atoms with Gasteiger partial charge in [-0.1, -0.05) is 66.5 Å². The fourth-order valence-corrected chi connectivity index (χ4v) is 1.76. The molecule has 0 fully saturated rings. The number of unbranched alkanes of at least 4 members (excludes halogenated alkanes) is 4. The fourth-order valence-electron chi connectivity index (χ4n) is 1.76. The van der Waals surface area contributed by atoms with Gasteiger partial charge in [0.05, 0.1) is 0 Å². The lowest BCUT2D eigenvalue weighted by molar-refractivity contribution is -0.133. The maximum atomic E-state index is 10.3. The van der Waals surface area contributed by atoms with Gasteiger partial charge in [0.2, 0.25) is 0 Å². The van der Waals surface area contributed by atoms with Crippen LogP contribution in [0.5, 0.6) is 0 Å². The number of aliphatic carboxylic acids is 2. The highest BCUT2D eigenvalue weighted by atomic mass is 16.4. The van der Waals surface area contributed by atoms with Crippen LogP contribution in [0.4, 0.5) is 0 Å². The Morgan fingerprint density at radius 1 is 0.864 bits per heavy atom. The Morgan fingerprint density at radius 3 is 1.64 bits per heavy atom. The molecule has 0 bridgehead atoms. The van der Waals surface area contributed by atoms with Gasteiger partial charge in [0.25, 0.3) is 0 Å². The highest BCUT2D eigenvalue weighted by Gasteiger charge is 2.15. The van der Waals surface area contributed by atoms with E-state index in [-0.39, 0.29) is 11.0 Å². The summed E-state index contributed by atoms with van der Waals surface area (Å²) < 4.78 is 0. The first kappa shape index (κ1) is 22.7. The molecule has 0 radical (unpaired) electrons. The maximum Gasteiger partial charge on any atom is 0.330 e. The second-order valence-corrected chi connectivity index (χ2v) is 6.72. The zero-order chi connectivity index (χ0) is 17.8. The van der Waals surface area contributed by atoms with Crippen LogP contribution in [-0.2, 0) is 9.59 Å². The smallest absolute Gasteiger partial charge is 0.330 e. The van der Waals surface area contributed by atoms with Crippen molar-refractivity contribution >= 4 is 11.9 Å². The van der Waals surface area contributed by atoms with Crippen molar-refractivity contribution in [1.82, 2.24) is 0 Å². The van der Waals surface area contributed by atoms with Gasteiger partial charge in [-0.25, -0.2) is 9.59 Å². The van der Waals surface area contributed by atoms with Crippen molar-refractivity contribution in [2.75, 3.05) is 0 Å². The molecule has 4 nitrogen and oxygen atoms in total. The zero-order valence-electron chi connectivity index (χ0n) is 14.6. The van der Waals surface area contributed by atoms with E-state index in [1.165, 1.54) is 19.3 Å². The molecular formula is C18H32O4. The maximum absolute atomic E-state index is 10.3. The summed E-state index contributed by atoms with van der Waals surface area (Å²) in [5.41, 5.74) is 0.647. The van der Waals surface area contributed by atoms with E-state index < -0.39 is 11.9 Å². The van der Waals surface area contributed by atoms with Crippen molar-refractivity contribution in [3.63, 3.8) is 0 Å². The Bertz CT molecular complexity index is 375. The molecular weight excluding hydrogens is 280 g/mol. The number of carboxylic acids is 2. The molecule has 22 heavy (non-hydrogen) atoms. The van der Waals surface area contributed by atoms with Crippen LogP contribution in [0.15, 0.2) is 24.3 Å². The molecule has 0 rings (SSSR count). The molecule has 0 aliphatic heterocycles. The first-order chi connectivity index (χ1) is 10.0. The summed E-state index contributed by atoms with van der Waals surface area (Å²) >= 11 is 0. The van der Waals surface area contributed by atoms with E-state index in [1.807, 2.05) is 20.8 Å². The van der Waals surface area contributed by atoms with Crippen molar-refractivity contribution in [1.29, 1.82) is 0 Å². The number of hydrogen-bond acceptors (Lipinski definition) is 2. The minimum atomic E-state index is -0.894. The summed E-state index contributed by atoms with van der Waals surface area (Å²) in [5, 5.41) is 16.9. The largest absolute Gasteiger partial charge is 0.478 e. The molecule has 0 aromatic rings. The van der Waals surface area contributed by atoms with Crippen LogP contribution in [0.2, 0.25) is 0 Å². The van der Waals surface area contributed by atoms with Gasteiger partial charge < -0.3 is 10.2 Å². The highest BCUT2D eigenvalue weighted by molar-refractivity contribution is 5.86. The summed E-state index contributed by atoms with van der Waals surface area (Å²) in [6.45, 7) is 15.0. The zero-order valence-corrected chi connectivity index (χ0v) is 14.6. The Labute approximate surface area is 134 Å². The molecule has 0 aromatic carbocycles. The van der Waals surface area contributed by atoms with Crippen LogP contribution in [0, 0.1) is 5.41 Å². The minimum Gasteiger partial charge on any atom is -0.478 e. The van der Waals surface area contributed by atoms with Crippen LogP contribution in [0.25, 0.3) is 0 Å². The van der Waals surface area contributed by atoms with Crippen molar-refractivity contribution in [3.8, 4) is 0 Å². The second kappa shape index (κ2) is 12.0. The van der Waals surface area contributed by atoms with Gasteiger partial charge in [0.15, 0.2) is 0 Å². The van der Waals surface area contributed by atoms with E-state index in [1.54, 1.807) is 0 Å². The van der Waals surface area contributed by atoms with E-state index >= 15 is 0 Å². The predicted molar refractivity (Wildman–Crippen MR) is 91.0 cm³/mol. The van der Waals surface area contributed by atoms with Crippen molar-refractivity contribution in [2.45, 2.75) is 72.6 Å². The number of carbonyl (C=O) groups is 2. The molecule has 0 aliphatic rings. The average molecular weight is 312 g/mol. The highest BCUT2D eigenvalue weighted by Crippen LogP contribution is 2.22. The Kier molecular flexibility index (Phi) is 12.4. The lowest BCUT2D eigenvalue weighted by Crippen LogP contribution is -2.10. The molecule has 0 saturated heterocycles. The van der Waals surface area contributed by atoms with Crippen molar-refractivity contribution < 1.29 is 19.8 Å². The van der Waals surface area contributed by atoms with Gasteiger partial charge in [-0.3, -0.25) is 0 Å². The summed E-state index contributed by atoms with van der Waals surface area (Å²) in [6.07, 6.45) is 6.95. The number of carboxylic acid groups (broad SMARTS) is 2. The second-order valence-electron chi connectivity index (χ2n) is 6.72. The molecule has 2 N–H and O–H groups in total. The van der Waals surface area contributed by atoms with Crippen molar-refractivity contribution in [2.24, 2.45) is 5.41 Å². The summed E-state index contributed by atoms with van der Waals surface area (Å²) in [5.74, 6) is -1.75. The van der Waals surface area contributed by atoms with Crippen molar-refractivity contribution in [3.05, 3.63) is 24.3 Å². The van der Waals surface area contributed by atoms with Gasteiger partial charge >= 0.3 is 11.9 Å². The van der Waals surface area contributed by atoms with Gasteiger partial charge in [0, 0.05) is 11.1 Å². The lowest BCUT2D eigenvalue weighted by Gasteiger charge is -2.17. The Balaban J connectivity index is 0. The first-order valence-electron chi connectivity index (χ1n) is 7.83. The topological polar surface area (TPSA) is 74.6 Å². The predicted octanol–water partition coefficient (Wildman–Crippen LogP) is 5.05. The first-order valence-corrected chi connectivity index (χ1v) is 7.83. The van der Waals surface area contributed by atoms with E-state index in [0.717, 1.165) is 12.8 Å². The Morgan fingerprint density at radius 2 is 1.32 bits per heavy atom. The Hall–Kier alpha value is -1.58. The molecule has 0 amide bonds. The standard InChI is InChI=1S/C10H18O2.C8H14O2/c1-3-4-5-6-7-8-9(2)10(11)12;1-6(7(9)10)5-8(2,3)4/h2-8H2,1H3,(H,11,12);1,5H2,2-4H3,(H,9,10). The van der Waals surface area contributed by atoms with Gasteiger partial charge in [-0.05, 0) is 24.7 Å². The van der Waals surface area contributed by atoms with E-state index in [9.17, 15) is 9.59 Å². The molecule has 0 heterocycles. The van der Waals surface area contributed by atoms with Crippen LogP contribution in [0.1, 0.15) is 72.6 Å². The summed E-state index contributed by atoms with van der Waals surface area (Å²) in [7, 11) is 0. The molecule has 0 spiro atoms. The van der Waals surface area contributed by atoms with Crippen LogP contribution < -0.4 is 0 Å². The minimum absolute atomic E-state index is 0.0233. The molecule has 0 atom stereocenters. The quantitative estimate of drug-likeness (QED) is 0.461. The molecule has 4 heteroatoms. The summed E-state index contributed by atoms with van der Waals surface area (Å²) in [4.78, 5) is 20.6. The normalized spacial score (nSPS) is 10.4. The third kappa shape index (κ3) is 16.5. The average Bonchev–Trinajstić information content (AvgIpc) is 2.36. The summed E-state index contributed by atoms with van der Waals surface area (Å²) in [6, 6.07) is 0. The van der Waals surface area contributed by atoms with E-state index in [2.05, 4.69) is 20.1 Å². The SMILES string of the molecule is C=C(CC(C)(C)C)C(=O)O.C=C(CCCCCCC)C(=O)O. The third-order valence-electron chi connectivity index (χ3n) is 2.93. The van der Waals surface area contributed by atoms with Gasteiger partial charge in [0.1, 0.15) is 0 Å². The molecule has 0 unspecified atom stereocenters. The molecule has 0 saturated carbocycles. The molecule has 0 aromatic heterocycles. The van der Waals surface area contributed by atoms with Crippen LogP contribution in [-0.4, -0.2) is 22.2 Å². The lowest BCUT2D eigenvalue weighted by atomic mass is 9.88. The van der Waals surface area contributed by atoms with Gasteiger partial charge in [-0.2, -0.15) is 0 Å². The monoisotopic (exact) mass is 312 g/mol.